The molecule has 0 saturated carbocycles. The van der Waals surface area contributed by atoms with Crippen LogP contribution in [-0.4, -0.2) is 47.6 Å². The molecule has 1 aromatic rings. The molecule has 0 bridgehead atoms. The molecule has 1 fully saturated rings. The third-order valence-electron chi connectivity index (χ3n) is 3.52. The number of aryl methyl sites for hydroxylation is 1. The van der Waals surface area contributed by atoms with E-state index in [1.807, 2.05) is 6.07 Å². The molecule has 0 aliphatic carbocycles. The van der Waals surface area contributed by atoms with Crippen molar-refractivity contribution < 1.29 is 0 Å². The molecule has 2 N–H and O–H groups in total. The average Bonchev–Trinajstić information content (AvgIpc) is 2.41. The summed E-state index contributed by atoms with van der Waals surface area (Å²) in [5.74, 6) is 2.77. The third-order valence-corrected chi connectivity index (χ3v) is 3.52. The molecule has 0 radical (unpaired) electrons. The normalized spacial score (nSPS) is 17.4. The summed E-state index contributed by atoms with van der Waals surface area (Å²) in [6, 6.07) is 2.55. The van der Waals surface area contributed by atoms with E-state index in [1.54, 1.807) is 0 Å². The Bertz CT molecular complexity index is 399. The van der Waals surface area contributed by atoms with E-state index in [2.05, 4.69) is 46.4 Å². The van der Waals surface area contributed by atoms with Gasteiger partial charge in [-0.2, -0.15) is 0 Å². The van der Waals surface area contributed by atoms with Crippen molar-refractivity contribution in [2.24, 2.45) is 0 Å². The minimum Gasteiger partial charge on any atom is -0.370 e. The number of piperidine rings is 1. The van der Waals surface area contributed by atoms with Crippen LogP contribution in [0.25, 0.3) is 0 Å². The fraction of sp³-hybridized carbons (Fsp3) is 0.714. The molecule has 1 aliphatic rings. The smallest absolute Gasteiger partial charge is 0.132 e. The SMILES string of the molecule is CCNc1cc(NC2CCN(C)CC2)nc(CC)n1. The standard InChI is InChI=1S/C14H25N5/c1-4-12-17-13(15-5-2)10-14(18-12)16-11-6-8-19(3)9-7-11/h10-11H,4-9H2,1-3H3,(H2,15,16,17,18). The first-order valence-corrected chi connectivity index (χ1v) is 7.28. The van der Waals surface area contributed by atoms with E-state index >= 15 is 0 Å². The lowest BCUT2D eigenvalue weighted by atomic mass is 10.1. The van der Waals surface area contributed by atoms with Gasteiger partial charge in [0.15, 0.2) is 0 Å². The first-order chi connectivity index (χ1) is 9.21. The lowest BCUT2D eigenvalue weighted by Gasteiger charge is -2.29. The zero-order chi connectivity index (χ0) is 13.7. The maximum Gasteiger partial charge on any atom is 0.132 e. The van der Waals surface area contributed by atoms with Gasteiger partial charge < -0.3 is 15.5 Å². The molecule has 1 aromatic heterocycles. The molecule has 1 aliphatic heterocycles. The van der Waals surface area contributed by atoms with Gasteiger partial charge in [0, 0.05) is 25.1 Å². The van der Waals surface area contributed by atoms with Crippen molar-refractivity contribution >= 4 is 11.6 Å². The minimum atomic E-state index is 0.533. The second kappa shape index (κ2) is 6.70. The highest BCUT2D eigenvalue weighted by Crippen LogP contribution is 2.17. The van der Waals surface area contributed by atoms with Crippen LogP contribution in [0, 0.1) is 0 Å². The molecule has 0 aromatic carbocycles. The molecule has 5 nitrogen and oxygen atoms in total. The predicted molar refractivity (Wildman–Crippen MR) is 79.7 cm³/mol. The van der Waals surface area contributed by atoms with Crippen LogP contribution in [0.2, 0.25) is 0 Å². The fourth-order valence-corrected chi connectivity index (χ4v) is 2.36. The molecule has 19 heavy (non-hydrogen) atoms. The molecule has 1 saturated heterocycles. The lowest BCUT2D eigenvalue weighted by molar-refractivity contribution is 0.263. The number of nitrogens with zero attached hydrogens (tertiary/aromatic N) is 3. The van der Waals surface area contributed by atoms with Gasteiger partial charge in [-0.1, -0.05) is 6.92 Å². The molecule has 0 unspecified atom stereocenters. The van der Waals surface area contributed by atoms with Crippen molar-refractivity contribution in [3.63, 3.8) is 0 Å². The van der Waals surface area contributed by atoms with Crippen LogP contribution in [0.3, 0.4) is 0 Å². The number of anilines is 2. The van der Waals surface area contributed by atoms with Crippen molar-refractivity contribution in [1.82, 2.24) is 14.9 Å². The van der Waals surface area contributed by atoms with Gasteiger partial charge >= 0.3 is 0 Å². The van der Waals surface area contributed by atoms with Crippen LogP contribution in [0.4, 0.5) is 11.6 Å². The first kappa shape index (κ1) is 14.1. The van der Waals surface area contributed by atoms with Gasteiger partial charge in [0.25, 0.3) is 0 Å². The maximum atomic E-state index is 4.57. The van der Waals surface area contributed by atoms with Crippen LogP contribution in [-0.2, 0) is 6.42 Å². The van der Waals surface area contributed by atoms with E-state index in [4.69, 9.17) is 0 Å². The van der Waals surface area contributed by atoms with Gasteiger partial charge in [0.1, 0.15) is 17.5 Å². The topological polar surface area (TPSA) is 53.1 Å². The van der Waals surface area contributed by atoms with Gasteiger partial charge in [-0.25, -0.2) is 9.97 Å². The molecule has 106 valence electrons. The number of hydrogen-bond donors (Lipinski definition) is 2. The zero-order valence-corrected chi connectivity index (χ0v) is 12.2. The van der Waals surface area contributed by atoms with Gasteiger partial charge in [-0.15, -0.1) is 0 Å². The summed E-state index contributed by atoms with van der Waals surface area (Å²) < 4.78 is 0. The second-order valence-electron chi connectivity index (χ2n) is 5.16. The molecule has 0 amide bonds. The number of nitrogens with one attached hydrogen (secondary N) is 2. The Morgan fingerprint density at radius 2 is 1.89 bits per heavy atom. The van der Waals surface area contributed by atoms with Crippen LogP contribution >= 0.6 is 0 Å². The Labute approximate surface area is 115 Å². The van der Waals surface area contributed by atoms with E-state index in [9.17, 15) is 0 Å². The van der Waals surface area contributed by atoms with Gasteiger partial charge in [0.05, 0.1) is 0 Å². The fourth-order valence-electron chi connectivity index (χ4n) is 2.36. The number of hydrogen-bond acceptors (Lipinski definition) is 5. The third kappa shape index (κ3) is 4.06. The molecular formula is C14H25N5. The number of rotatable bonds is 5. The molecule has 0 spiro atoms. The monoisotopic (exact) mass is 263 g/mol. The predicted octanol–water partition coefficient (Wildman–Crippen LogP) is 1.98. The number of aromatic nitrogens is 2. The highest BCUT2D eigenvalue weighted by atomic mass is 15.1. The summed E-state index contributed by atoms with van der Waals surface area (Å²) >= 11 is 0. The van der Waals surface area contributed by atoms with Crippen LogP contribution in [0.15, 0.2) is 6.07 Å². The highest BCUT2D eigenvalue weighted by molar-refractivity contribution is 5.48. The summed E-state index contributed by atoms with van der Waals surface area (Å²) in [5, 5.41) is 6.82. The lowest BCUT2D eigenvalue weighted by Crippen LogP contribution is -2.36. The molecule has 5 heteroatoms. The van der Waals surface area contributed by atoms with Crippen molar-refractivity contribution in [3.05, 3.63) is 11.9 Å². The minimum absolute atomic E-state index is 0.533. The van der Waals surface area contributed by atoms with Crippen molar-refractivity contribution in [2.75, 3.05) is 37.3 Å². The quantitative estimate of drug-likeness (QED) is 0.850. The van der Waals surface area contributed by atoms with Crippen LogP contribution in [0.1, 0.15) is 32.5 Å². The summed E-state index contributed by atoms with van der Waals surface area (Å²) in [6.07, 6.45) is 3.22. The Morgan fingerprint density at radius 3 is 2.53 bits per heavy atom. The van der Waals surface area contributed by atoms with Crippen molar-refractivity contribution in [1.29, 1.82) is 0 Å². The molecular weight excluding hydrogens is 238 g/mol. The maximum absolute atomic E-state index is 4.57. The van der Waals surface area contributed by atoms with Gasteiger partial charge in [-0.3, -0.25) is 0 Å². The largest absolute Gasteiger partial charge is 0.370 e. The second-order valence-corrected chi connectivity index (χ2v) is 5.16. The summed E-state index contributed by atoms with van der Waals surface area (Å²) in [5.41, 5.74) is 0. The average molecular weight is 263 g/mol. The summed E-state index contributed by atoms with van der Waals surface area (Å²) in [4.78, 5) is 11.4. The Hall–Kier alpha value is -1.36. The molecule has 2 rings (SSSR count). The molecule has 2 heterocycles. The van der Waals surface area contributed by atoms with Crippen LogP contribution < -0.4 is 10.6 Å². The van der Waals surface area contributed by atoms with E-state index in [0.717, 1.165) is 43.5 Å². The van der Waals surface area contributed by atoms with Crippen molar-refractivity contribution in [2.45, 2.75) is 39.2 Å². The Balaban J connectivity index is 2.04. The highest BCUT2D eigenvalue weighted by Gasteiger charge is 2.17. The van der Waals surface area contributed by atoms with E-state index in [-0.39, 0.29) is 0 Å². The van der Waals surface area contributed by atoms with E-state index in [1.165, 1.54) is 12.8 Å². The Morgan fingerprint density at radius 1 is 1.21 bits per heavy atom. The summed E-state index contributed by atoms with van der Waals surface area (Å²) in [7, 11) is 2.18. The number of likely N-dealkylation sites (tertiary alicyclic amines) is 1. The van der Waals surface area contributed by atoms with Gasteiger partial charge in [-0.05, 0) is 39.9 Å². The van der Waals surface area contributed by atoms with Gasteiger partial charge in [0.2, 0.25) is 0 Å². The van der Waals surface area contributed by atoms with E-state index < -0.39 is 0 Å². The zero-order valence-electron chi connectivity index (χ0n) is 12.2. The molecule has 0 atom stereocenters. The van der Waals surface area contributed by atoms with Crippen molar-refractivity contribution in [3.8, 4) is 0 Å². The van der Waals surface area contributed by atoms with Crippen LogP contribution in [0.5, 0.6) is 0 Å². The summed E-state index contributed by atoms with van der Waals surface area (Å²) in [6.45, 7) is 7.36. The van der Waals surface area contributed by atoms with E-state index in [0.29, 0.717) is 6.04 Å². The Kier molecular flexibility index (Phi) is 4.96. The first-order valence-electron chi connectivity index (χ1n) is 7.28.